The second kappa shape index (κ2) is 7.23. The van der Waals surface area contributed by atoms with Crippen LogP contribution in [0.2, 0.25) is 0 Å². The summed E-state index contributed by atoms with van der Waals surface area (Å²) in [4.78, 5) is 20.3. The van der Waals surface area contributed by atoms with E-state index in [0.29, 0.717) is 18.8 Å². The Bertz CT molecular complexity index is 972. The van der Waals surface area contributed by atoms with Gasteiger partial charge in [0.1, 0.15) is 11.9 Å². The molecule has 2 unspecified atom stereocenters. The molecular formula is C21H21N3O3. The predicted molar refractivity (Wildman–Crippen MR) is 103 cm³/mol. The largest absolute Gasteiger partial charge is 0.490 e. The van der Waals surface area contributed by atoms with Gasteiger partial charge in [-0.25, -0.2) is 4.98 Å². The number of fused-ring (bicyclic) bond motifs is 1. The van der Waals surface area contributed by atoms with Crippen LogP contribution in [0.25, 0.3) is 22.0 Å². The van der Waals surface area contributed by atoms with Crippen LogP contribution >= 0.6 is 0 Å². The fourth-order valence-electron chi connectivity index (χ4n) is 3.34. The topological polar surface area (TPSA) is 73.3 Å². The number of aromatic nitrogens is 2. The summed E-state index contributed by atoms with van der Waals surface area (Å²) in [5.74, 6) is 1.58. The molecule has 2 atom stereocenters. The Morgan fingerprint density at radius 1 is 1.19 bits per heavy atom. The van der Waals surface area contributed by atoms with Gasteiger partial charge < -0.3 is 14.8 Å². The third-order valence-corrected chi connectivity index (χ3v) is 4.95. The first-order chi connectivity index (χ1) is 13.1. The van der Waals surface area contributed by atoms with Gasteiger partial charge in [-0.2, -0.15) is 0 Å². The zero-order valence-electron chi connectivity index (χ0n) is 15.3. The van der Waals surface area contributed by atoms with Crippen molar-refractivity contribution < 1.29 is 14.3 Å². The number of pyridine rings is 2. The van der Waals surface area contributed by atoms with E-state index in [1.54, 1.807) is 19.5 Å². The van der Waals surface area contributed by atoms with Crippen molar-refractivity contribution in [2.75, 3.05) is 13.7 Å². The van der Waals surface area contributed by atoms with Crippen LogP contribution in [0.5, 0.6) is 11.6 Å². The smallest absolute Gasteiger partial charge is 0.220 e. The molecule has 138 valence electrons. The van der Waals surface area contributed by atoms with Crippen LogP contribution in [-0.4, -0.2) is 35.6 Å². The molecule has 1 saturated heterocycles. The highest BCUT2D eigenvalue weighted by Gasteiger charge is 2.28. The predicted octanol–water partition coefficient (Wildman–Crippen LogP) is 3.21. The fourth-order valence-corrected chi connectivity index (χ4v) is 3.34. The minimum atomic E-state index is -0.0865. The van der Waals surface area contributed by atoms with E-state index in [1.807, 2.05) is 43.3 Å². The Morgan fingerprint density at radius 2 is 2.07 bits per heavy atom. The molecule has 1 N–H and O–H groups in total. The highest BCUT2D eigenvalue weighted by atomic mass is 16.5. The Hall–Kier alpha value is -3.15. The number of carbonyl (C=O) groups excluding carboxylic acids is 1. The van der Waals surface area contributed by atoms with Gasteiger partial charge in [0.05, 0.1) is 12.6 Å². The maximum Gasteiger partial charge on any atom is 0.220 e. The van der Waals surface area contributed by atoms with Crippen LogP contribution in [0.4, 0.5) is 0 Å². The summed E-state index contributed by atoms with van der Waals surface area (Å²) in [6.45, 7) is 2.66. The molecule has 0 saturated carbocycles. The average molecular weight is 363 g/mol. The number of hydrogen-bond donors (Lipinski definition) is 1. The molecule has 6 heteroatoms. The van der Waals surface area contributed by atoms with Gasteiger partial charge in [-0.15, -0.1) is 0 Å². The van der Waals surface area contributed by atoms with Crippen molar-refractivity contribution in [1.29, 1.82) is 0 Å². The van der Waals surface area contributed by atoms with Crippen LogP contribution in [-0.2, 0) is 4.79 Å². The number of carbonyl (C=O) groups is 1. The third kappa shape index (κ3) is 3.56. The fraction of sp³-hybridized carbons (Fsp3) is 0.286. The molecular weight excluding hydrogens is 342 g/mol. The first-order valence-electron chi connectivity index (χ1n) is 8.96. The van der Waals surface area contributed by atoms with Crippen molar-refractivity contribution in [1.82, 2.24) is 15.3 Å². The van der Waals surface area contributed by atoms with Gasteiger partial charge in [0.2, 0.25) is 11.8 Å². The van der Waals surface area contributed by atoms with Crippen LogP contribution in [0.15, 0.2) is 48.8 Å². The standard InChI is InChI=1S/C21H21N3O3/c1-13(16-10-20(25)23-12-16)27-19-9-15(8-18-17(19)4-3-7-22-18)14-5-6-21(26-2)24-11-14/h3-9,11,13,16H,10,12H2,1-2H3,(H,23,25). The molecule has 4 rings (SSSR count). The van der Waals surface area contributed by atoms with Gasteiger partial charge in [-0.05, 0) is 42.8 Å². The zero-order valence-corrected chi connectivity index (χ0v) is 15.3. The minimum absolute atomic E-state index is 0.0834. The maximum atomic E-state index is 11.5. The lowest BCUT2D eigenvalue weighted by atomic mass is 10.0. The number of methoxy groups -OCH3 is 1. The maximum absolute atomic E-state index is 11.5. The molecule has 1 aromatic carbocycles. The van der Waals surface area contributed by atoms with Gasteiger partial charge in [0, 0.05) is 48.3 Å². The van der Waals surface area contributed by atoms with Gasteiger partial charge >= 0.3 is 0 Å². The van der Waals surface area contributed by atoms with E-state index in [-0.39, 0.29) is 17.9 Å². The second-order valence-corrected chi connectivity index (χ2v) is 6.72. The Labute approximate surface area is 157 Å². The van der Waals surface area contributed by atoms with Crippen molar-refractivity contribution in [2.24, 2.45) is 5.92 Å². The number of ether oxygens (including phenoxy) is 2. The van der Waals surface area contributed by atoms with Crippen LogP contribution in [0, 0.1) is 5.92 Å². The molecule has 0 aliphatic carbocycles. The Balaban J connectivity index is 1.70. The summed E-state index contributed by atoms with van der Waals surface area (Å²) in [7, 11) is 1.60. The molecule has 1 fully saturated rings. The summed E-state index contributed by atoms with van der Waals surface area (Å²) in [6.07, 6.45) is 3.96. The van der Waals surface area contributed by atoms with Crippen LogP contribution in [0.1, 0.15) is 13.3 Å². The van der Waals surface area contributed by atoms with Crippen molar-refractivity contribution in [3.63, 3.8) is 0 Å². The Kier molecular flexibility index (Phi) is 4.62. The third-order valence-electron chi connectivity index (χ3n) is 4.95. The van der Waals surface area contributed by atoms with Crippen LogP contribution < -0.4 is 14.8 Å². The lowest BCUT2D eigenvalue weighted by Gasteiger charge is -2.21. The van der Waals surface area contributed by atoms with Gasteiger partial charge in [-0.3, -0.25) is 9.78 Å². The summed E-state index contributed by atoms with van der Waals surface area (Å²) in [5, 5.41) is 3.82. The molecule has 1 aliphatic rings. The molecule has 3 heterocycles. The van der Waals surface area contributed by atoms with E-state index in [1.165, 1.54) is 0 Å². The molecule has 0 radical (unpaired) electrons. The lowest BCUT2D eigenvalue weighted by molar-refractivity contribution is -0.119. The summed E-state index contributed by atoms with van der Waals surface area (Å²) in [5.41, 5.74) is 2.78. The van der Waals surface area contributed by atoms with E-state index in [9.17, 15) is 4.79 Å². The molecule has 6 nitrogen and oxygen atoms in total. The highest BCUT2D eigenvalue weighted by Crippen LogP contribution is 2.33. The normalized spacial score (nSPS) is 17.6. The highest BCUT2D eigenvalue weighted by molar-refractivity contribution is 5.90. The first kappa shape index (κ1) is 17.3. The lowest BCUT2D eigenvalue weighted by Crippen LogP contribution is -2.25. The second-order valence-electron chi connectivity index (χ2n) is 6.72. The van der Waals surface area contributed by atoms with Gasteiger partial charge in [0.25, 0.3) is 0 Å². The number of nitrogens with zero attached hydrogens (tertiary/aromatic N) is 2. The number of benzene rings is 1. The van der Waals surface area contributed by atoms with E-state index < -0.39 is 0 Å². The zero-order chi connectivity index (χ0) is 18.8. The molecule has 27 heavy (non-hydrogen) atoms. The molecule has 0 bridgehead atoms. The number of nitrogens with one attached hydrogen (secondary N) is 1. The van der Waals surface area contributed by atoms with E-state index in [2.05, 4.69) is 15.3 Å². The summed E-state index contributed by atoms with van der Waals surface area (Å²) in [6, 6.07) is 11.7. The molecule has 2 aromatic heterocycles. The number of amides is 1. The van der Waals surface area contributed by atoms with Gasteiger partial charge in [-0.1, -0.05) is 0 Å². The number of hydrogen-bond acceptors (Lipinski definition) is 5. The molecule has 0 spiro atoms. The minimum Gasteiger partial charge on any atom is -0.490 e. The molecule has 3 aromatic rings. The quantitative estimate of drug-likeness (QED) is 0.753. The average Bonchev–Trinajstić information content (AvgIpc) is 3.14. The Morgan fingerprint density at radius 3 is 2.78 bits per heavy atom. The van der Waals surface area contributed by atoms with Crippen molar-refractivity contribution in [3.8, 4) is 22.8 Å². The molecule has 1 amide bonds. The summed E-state index contributed by atoms with van der Waals surface area (Å²) < 4.78 is 11.4. The van der Waals surface area contributed by atoms with E-state index in [0.717, 1.165) is 27.8 Å². The van der Waals surface area contributed by atoms with Crippen LogP contribution in [0.3, 0.4) is 0 Å². The van der Waals surface area contributed by atoms with E-state index in [4.69, 9.17) is 9.47 Å². The monoisotopic (exact) mass is 363 g/mol. The van der Waals surface area contributed by atoms with E-state index >= 15 is 0 Å². The summed E-state index contributed by atoms with van der Waals surface area (Å²) >= 11 is 0. The molecule has 1 aliphatic heterocycles. The van der Waals surface area contributed by atoms with Crippen molar-refractivity contribution in [3.05, 3.63) is 48.8 Å². The van der Waals surface area contributed by atoms with Crippen molar-refractivity contribution >= 4 is 16.8 Å². The van der Waals surface area contributed by atoms with Crippen molar-refractivity contribution in [2.45, 2.75) is 19.4 Å². The van der Waals surface area contributed by atoms with Gasteiger partial charge in [0.15, 0.2) is 0 Å². The SMILES string of the molecule is COc1ccc(-c2cc(OC(C)C3CNC(=O)C3)c3cccnc3c2)cn1. The number of rotatable bonds is 5. The first-order valence-corrected chi connectivity index (χ1v) is 8.96.